The second kappa shape index (κ2) is 14.1. The van der Waals surface area contributed by atoms with Crippen LogP contribution in [-0.2, 0) is 28.8 Å². The van der Waals surface area contributed by atoms with Crippen LogP contribution in [0.2, 0.25) is 0 Å². The third kappa shape index (κ3) is 13.8. The first-order valence-corrected chi connectivity index (χ1v) is 9.00. The maximum atomic E-state index is 12.2. The highest BCUT2D eigenvalue weighted by Crippen LogP contribution is 1.99. The predicted octanol–water partition coefficient (Wildman–Crippen LogP) is -4.49. The topological polar surface area (TPSA) is 275 Å². The summed E-state index contributed by atoms with van der Waals surface area (Å²) in [6, 6.07) is -2.50. The van der Waals surface area contributed by atoms with E-state index in [4.69, 9.17) is 28.0 Å². The molecule has 2 atom stereocenters. The fraction of sp³-hybridized carbons (Fsp3) is 0.500. The summed E-state index contributed by atoms with van der Waals surface area (Å²) in [4.78, 5) is 72.6. The van der Waals surface area contributed by atoms with Gasteiger partial charge in [0, 0.05) is 13.0 Å². The van der Waals surface area contributed by atoms with Crippen LogP contribution in [0.5, 0.6) is 0 Å². The molecule has 31 heavy (non-hydrogen) atoms. The van der Waals surface area contributed by atoms with Crippen LogP contribution in [0.4, 0.5) is 0 Å². The summed E-state index contributed by atoms with van der Waals surface area (Å²) in [5.41, 5.74) is 20.6. The average Bonchev–Trinajstić information content (AvgIpc) is 2.65. The van der Waals surface area contributed by atoms with Gasteiger partial charge in [-0.2, -0.15) is 0 Å². The Kier molecular flexibility index (Phi) is 12.4. The first kappa shape index (κ1) is 27.1. The second-order valence-corrected chi connectivity index (χ2v) is 6.25. The normalized spacial score (nSPS) is 12.0. The standard InChI is InChI=1S/C16H27N8O7/c17-10(25)6-9(24-11(26)3-4-13(28)29)15(31)22-7-12(27)23-8(14(18)30)2-1-5-21-16(19)20/h7-9H,1-6H2,(H2,17,25)(H2,18,30)(H,22,31)(H,23,27)(H,24,26)(H,28,29)(H4,19,20,21). The molecule has 0 spiro atoms. The lowest BCUT2D eigenvalue weighted by Crippen LogP contribution is -2.50. The van der Waals surface area contributed by atoms with E-state index >= 15 is 0 Å². The van der Waals surface area contributed by atoms with Crippen LogP contribution >= 0.6 is 0 Å². The Bertz CT molecular complexity index is 721. The van der Waals surface area contributed by atoms with Gasteiger partial charge in [-0.1, -0.05) is 0 Å². The van der Waals surface area contributed by atoms with Gasteiger partial charge in [0.1, 0.15) is 18.6 Å². The first-order chi connectivity index (χ1) is 14.4. The Balaban J connectivity index is 4.71. The van der Waals surface area contributed by atoms with Crippen molar-refractivity contribution in [1.29, 1.82) is 0 Å². The number of hydrogen-bond acceptors (Lipinski definition) is 7. The van der Waals surface area contributed by atoms with Crippen LogP contribution in [0, 0.1) is 6.54 Å². The smallest absolute Gasteiger partial charge is 0.303 e. The largest absolute Gasteiger partial charge is 0.481 e. The average molecular weight is 443 g/mol. The Morgan fingerprint density at radius 2 is 1.58 bits per heavy atom. The van der Waals surface area contributed by atoms with Crippen molar-refractivity contribution < 1.29 is 33.9 Å². The van der Waals surface area contributed by atoms with Crippen molar-refractivity contribution in [3.63, 3.8) is 0 Å². The molecule has 0 bridgehead atoms. The van der Waals surface area contributed by atoms with Gasteiger partial charge in [-0.25, -0.2) is 0 Å². The predicted molar refractivity (Wildman–Crippen MR) is 106 cm³/mol. The van der Waals surface area contributed by atoms with Crippen LogP contribution in [0.25, 0.3) is 0 Å². The number of carbonyl (C=O) groups is 6. The lowest BCUT2D eigenvalue weighted by molar-refractivity contribution is -0.139. The minimum atomic E-state index is -1.44. The van der Waals surface area contributed by atoms with Gasteiger partial charge in [0.25, 0.3) is 0 Å². The summed E-state index contributed by atoms with van der Waals surface area (Å²) in [5, 5.41) is 15.1. The summed E-state index contributed by atoms with van der Waals surface area (Å²) in [7, 11) is 0. The fourth-order valence-corrected chi connectivity index (χ4v) is 2.14. The highest BCUT2D eigenvalue weighted by atomic mass is 16.4. The lowest BCUT2D eigenvalue weighted by atomic mass is 10.1. The van der Waals surface area contributed by atoms with Gasteiger partial charge in [-0.3, -0.25) is 33.8 Å². The van der Waals surface area contributed by atoms with Gasteiger partial charge < -0.3 is 44.0 Å². The van der Waals surface area contributed by atoms with E-state index < -0.39 is 66.9 Å². The quantitative estimate of drug-likeness (QED) is 0.0686. The number of amides is 5. The van der Waals surface area contributed by atoms with E-state index in [1.54, 1.807) is 0 Å². The van der Waals surface area contributed by atoms with E-state index in [1.165, 1.54) is 0 Å². The molecule has 0 aliphatic heterocycles. The van der Waals surface area contributed by atoms with Crippen molar-refractivity contribution in [2.75, 3.05) is 6.54 Å². The summed E-state index contributed by atoms with van der Waals surface area (Å²) < 4.78 is 0. The molecule has 0 aliphatic rings. The molecule has 1 radical (unpaired) electrons. The zero-order chi connectivity index (χ0) is 24.0. The van der Waals surface area contributed by atoms with Crippen LogP contribution in [-0.4, -0.2) is 65.2 Å². The van der Waals surface area contributed by atoms with E-state index in [1.807, 2.05) is 0 Å². The van der Waals surface area contributed by atoms with Crippen LogP contribution in [0.1, 0.15) is 32.1 Å². The van der Waals surface area contributed by atoms with Crippen molar-refractivity contribution in [2.24, 2.45) is 27.9 Å². The molecule has 0 aromatic carbocycles. The number of rotatable bonds is 15. The molecule has 0 aliphatic carbocycles. The number of primary amides is 2. The molecule has 0 rings (SSSR count). The minimum Gasteiger partial charge on any atom is -0.481 e. The van der Waals surface area contributed by atoms with Crippen LogP contribution < -0.4 is 38.9 Å². The number of carboxylic acid groups (broad SMARTS) is 1. The van der Waals surface area contributed by atoms with Crippen molar-refractivity contribution in [3.05, 3.63) is 6.54 Å². The van der Waals surface area contributed by atoms with Crippen molar-refractivity contribution in [2.45, 2.75) is 44.2 Å². The van der Waals surface area contributed by atoms with Gasteiger partial charge in [-0.05, 0) is 12.8 Å². The van der Waals surface area contributed by atoms with Gasteiger partial charge in [-0.15, -0.1) is 0 Å². The van der Waals surface area contributed by atoms with Crippen molar-refractivity contribution >= 4 is 41.5 Å². The SMILES string of the molecule is NC(=O)CC(NC(=O)CCC(=O)O)C(=O)N[CH]C(=O)NC(CCCN=C(N)N)C(N)=O. The monoisotopic (exact) mass is 443 g/mol. The molecule has 2 unspecified atom stereocenters. The van der Waals surface area contributed by atoms with Gasteiger partial charge in [0.2, 0.25) is 29.5 Å². The summed E-state index contributed by atoms with van der Waals surface area (Å²) in [5.74, 6) is -5.74. The number of nitrogens with one attached hydrogen (secondary N) is 3. The van der Waals surface area contributed by atoms with E-state index in [0.29, 0.717) is 13.0 Å². The number of aliphatic carboxylic acids is 1. The van der Waals surface area contributed by atoms with E-state index in [2.05, 4.69) is 20.9 Å². The molecule has 0 saturated carbocycles. The number of guanidine groups is 1. The molecule has 5 amide bonds. The zero-order valence-corrected chi connectivity index (χ0v) is 16.6. The van der Waals surface area contributed by atoms with Crippen molar-refractivity contribution in [1.82, 2.24) is 16.0 Å². The minimum absolute atomic E-state index is 0.128. The molecule has 0 fully saturated rings. The maximum absolute atomic E-state index is 12.2. The summed E-state index contributed by atoms with van der Waals surface area (Å²) in [6.07, 6.45) is -1.04. The third-order valence-electron chi connectivity index (χ3n) is 3.57. The second-order valence-electron chi connectivity index (χ2n) is 6.25. The molecule has 173 valence electrons. The fourth-order valence-electron chi connectivity index (χ4n) is 2.14. The number of hydrogen-bond donors (Lipinski definition) is 8. The maximum Gasteiger partial charge on any atom is 0.303 e. The van der Waals surface area contributed by atoms with E-state index in [9.17, 15) is 28.8 Å². The summed E-state index contributed by atoms with van der Waals surface area (Å²) in [6.45, 7) is 0.879. The number of nitrogens with two attached hydrogens (primary N) is 4. The first-order valence-electron chi connectivity index (χ1n) is 9.00. The highest BCUT2D eigenvalue weighted by molar-refractivity contribution is 5.97. The molecule has 0 saturated heterocycles. The van der Waals surface area contributed by atoms with Crippen LogP contribution in [0.3, 0.4) is 0 Å². The van der Waals surface area contributed by atoms with Gasteiger partial charge >= 0.3 is 5.97 Å². The number of carboxylic acids is 1. The molecule has 15 nitrogen and oxygen atoms in total. The lowest BCUT2D eigenvalue weighted by Gasteiger charge is -2.18. The van der Waals surface area contributed by atoms with Gasteiger partial charge in [0.05, 0.1) is 12.8 Å². The Labute approximate surface area is 177 Å². The molecule has 12 N–H and O–H groups in total. The Morgan fingerprint density at radius 3 is 2.10 bits per heavy atom. The molecular weight excluding hydrogens is 416 g/mol. The van der Waals surface area contributed by atoms with Crippen molar-refractivity contribution in [3.8, 4) is 0 Å². The number of carbonyl (C=O) groups excluding carboxylic acids is 5. The zero-order valence-electron chi connectivity index (χ0n) is 16.6. The van der Waals surface area contributed by atoms with E-state index in [-0.39, 0.29) is 18.9 Å². The molecule has 0 heterocycles. The molecular formula is C16H27N8O7. The Hall–Kier alpha value is -3.91. The number of nitrogens with zero attached hydrogens (tertiary/aromatic N) is 1. The van der Waals surface area contributed by atoms with Crippen LogP contribution in [0.15, 0.2) is 4.99 Å². The Morgan fingerprint density at radius 1 is 0.935 bits per heavy atom. The third-order valence-corrected chi connectivity index (χ3v) is 3.57. The van der Waals surface area contributed by atoms with Gasteiger partial charge in [0.15, 0.2) is 5.96 Å². The highest BCUT2D eigenvalue weighted by Gasteiger charge is 2.24. The molecule has 15 heteroatoms. The molecule has 0 aromatic rings. The summed E-state index contributed by atoms with van der Waals surface area (Å²) >= 11 is 0. The van der Waals surface area contributed by atoms with E-state index in [0.717, 1.165) is 0 Å². The number of aliphatic imine (C=N–C) groups is 1. The molecule has 0 aromatic heterocycles.